The molecule has 2 rings (SSSR count). The number of allylic oxidation sites excluding steroid dienone is 3. The van der Waals surface area contributed by atoms with Crippen LogP contribution in [0.3, 0.4) is 0 Å². The molecule has 0 spiro atoms. The fraction of sp³-hybridized carbons (Fsp3) is 0.556. The molecule has 0 aromatic heterocycles. The Kier molecular flexibility index (Phi) is 0.879. The van der Waals surface area contributed by atoms with Gasteiger partial charge in [0, 0.05) is 0 Å². The molecule has 1 unspecified atom stereocenters. The van der Waals surface area contributed by atoms with Gasteiger partial charge in [-0.05, 0) is 30.8 Å². The zero-order valence-electron chi connectivity index (χ0n) is 5.91. The minimum Gasteiger partial charge on any atom is -0.0955 e. The van der Waals surface area contributed by atoms with Gasteiger partial charge in [0.2, 0.25) is 0 Å². The van der Waals surface area contributed by atoms with E-state index in [0.717, 1.165) is 5.92 Å². The van der Waals surface area contributed by atoms with Crippen LogP contribution in [-0.2, 0) is 0 Å². The van der Waals surface area contributed by atoms with Crippen molar-refractivity contribution in [2.24, 2.45) is 5.92 Å². The van der Waals surface area contributed by atoms with Crippen LogP contribution in [0.5, 0.6) is 0 Å². The summed E-state index contributed by atoms with van der Waals surface area (Å²) in [6, 6.07) is 0. The maximum Gasteiger partial charge on any atom is -0.0188 e. The molecule has 0 N–H and O–H groups in total. The van der Waals surface area contributed by atoms with Gasteiger partial charge in [0.15, 0.2) is 0 Å². The van der Waals surface area contributed by atoms with Crippen LogP contribution in [-0.4, -0.2) is 0 Å². The topological polar surface area (TPSA) is 0 Å². The lowest BCUT2D eigenvalue weighted by Crippen LogP contribution is -2.00. The Balaban J connectivity index is 2.22. The van der Waals surface area contributed by atoms with Gasteiger partial charge in [-0.2, -0.15) is 0 Å². The second kappa shape index (κ2) is 1.50. The van der Waals surface area contributed by atoms with Gasteiger partial charge in [0.25, 0.3) is 0 Å². The number of hydrogen-bond donors (Lipinski definition) is 0. The number of hydrogen-bond acceptors (Lipinski definition) is 0. The summed E-state index contributed by atoms with van der Waals surface area (Å²) in [6.45, 7) is 6.28. The van der Waals surface area contributed by atoms with Crippen molar-refractivity contribution in [1.29, 1.82) is 0 Å². The fourth-order valence-corrected chi connectivity index (χ4v) is 1.51. The maximum absolute atomic E-state index is 3.98. The van der Waals surface area contributed by atoms with Gasteiger partial charge >= 0.3 is 0 Å². The molecular weight excluding hydrogens is 108 g/mol. The Morgan fingerprint density at radius 1 is 1.44 bits per heavy atom. The smallest absolute Gasteiger partial charge is 0.0188 e. The summed E-state index contributed by atoms with van der Waals surface area (Å²) in [5.74, 6) is 0.900. The van der Waals surface area contributed by atoms with Gasteiger partial charge in [-0.25, -0.2) is 0 Å². The van der Waals surface area contributed by atoms with Gasteiger partial charge in [-0.3, -0.25) is 0 Å². The quantitative estimate of drug-likeness (QED) is 0.461. The normalized spacial score (nSPS) is 40.6. The highest BCUT2D eigenvalue weighted by molar-refractivity contribution is 5.46. The third kappa shape index (κ3) is 0.658. The van der Waals surface area contributed by atoms with Crippen LogP contribution in [0.2, 0.25) is 0 Å². The Morgan fingerprint density at radius 3 is 2.22 bits per heavy atom. The van der Waals surface area contributed by atoms with Gasteiger partial charge in [-0.1, -0.05) is 24.6 Å². The van der Waals surface area contributed by atoms with Gasteiger partial charge in [-0.15, -0.1) is 0 Å². The second-order valence-electron chi connectivity index (χ2n) is 3.21. The maximum atomic E-state index is 3.98. The summed E-state index contributed by atoms with van der Waals surface area (Å²) >= 11 is 0. The van der Waals surface area contributed by atoms with Crippen molar-refractivity contribution in [3.63, 3.8) is 0 Å². The molecule has 1 atom stereocenters. The SMILES string of the molecule is C=C1CC/C1=C1\CC1C. The lowest BCUT2D eigenvalue weighted by molar-refractivity contribution is 0.818. The van der Waals surface area contributed by atoms with E-state index in [1.807, 2.05) is 0 Å². The Hall–Kier alpha value is -0.520. The van der Waals surface area contributed by atoms with Crippen LogP contribution < -0.4 is 0 Å². The molecule has 9 heavy (non-hydrogen) atoms. The molecular formula is C9H12. The third-order valence-electron chi connectivity index (χ3n) is 2.45. The second-order valence-corrected chi connectivity index (χ2v) is 3.21. The molecule has 2 saturated carbocycles. The van der Waals surface area contributed by atoms with Crippen LogP contribution in [0.15, 0.2) is 23.3 Å². The first kappa shape index (κ1) is 5.28. The lowest BCUT2D eigenvalue weighted by Gasteiger charge is -2.19. The molecule has 0 heteroatoms. The van der Waals surface area contributed by atoms with E-state index in [9.17, 15) is 0 Å². The molecule has 0 aromatic rings. The predicted octanol–water partition coefficient (Wildman–Crippen LogP) is 2.67. The molecule has 2 aliphatic rings. The van der Waals surface area contributed by atoms with E-state index in [4.69, 9.17) is 0 Å². The van der Waals surface area contributed by atoms with Crippen LogP contribution in [0.1, 0.15) is 26.2 Å². The van der Waals surface area contributed by atoms with E-state index < -0.39 is 0 Å². The fourth-order valence-electron chi connectivity index (χ4n) is 1.51. The van der Waals surface area contributed by atoms with E-state index in [-0.39, 0.29) is 0 Å². The monoisotopic (exact) mass is 120 g/mol. The molecule has 48 valence electrons. The highest BCUT2D eigenvalue weighted by Gasteiger charge is 2.31. The van der Waals surface area contributed by atoms with E-state index in [2.05, 4.69) is 13.5 Å². The predicted molar refractivity (Wildman–Crippen MR) is 39.2 cm³/mol. The van der Waals surface area contributed by atoms with Crippen LogP contribution in [0, 0.1) is 5.92 Å². The summed E-state index contributed by atoms with van der Waals surface area (Å²) in [6.07, 6.45) is 3.93. The van der Waals surface area contributed by atoms with Crippen molar-refractivity contribution in [3.05, 3.63) is 23.3 Å². The summed E-state index contributed by atoms with van der Waals surface area (Å²) in [5, 5.41) is 0. The molecule has 0 saturated heterocycles. The molecule has 0 aliphatic heterocycles. The van der Waals surface area contributed by atoms with E-state index >= 15 is 0 Å². The Bertz CT molecular complexity index is 196. The summed E-state index contributed by atoms with van der Waals surface area (Å²) < 4.78 is 0. The lowest BCUT2D eigenvalue weighted by atomic mass is 9.86. The largest absolute Gasteiger partial charge is 0.0955 e. The standard InChI is InChI=1S/C9H12/c1-6-3-4-8(6)9-5-7(9)2/h7H,1,3-5H2,2H3/b9-8-. The van der Waals surface area contributed by atoms with Gasteiger partial charge in [0.1, 0.15) is 0 Å². The van der Waals surface area contributed by atoms with Gasteiger partial charge < -0.3 is 0 Å². The van der Waals surface area contributed by atoms with Crippen molar-refractivity contribution >= 4 is 0 Å². The molecule has 0 nitrogen and oxygen atoms in total. The Morgan fingerprint density at radius 2 is 2.11 bits per heavy atom. The van der Waals surface area contributed by atoms with Crippen LogP contribution in [0.25, 0.3) is 0 Å². The summed E-state index contributed by atoms with van der Waals surface area (Å²) in [7, 11) is 0. The first-order valence-electron chi connectivity index (χ1n) is 3.69. The number of rotatable bonds is 0. The average Bonchev–Trinajstić information content (AvgIpc) is 2.44. The van der Waals surface area contributed by atoms with E-state index in [1.165, 1.54) is 24.8 Å². The minimum absolute atomic E-state index is 0.900. The van der Waals surface area contributed by atoms with Crippen LogP contribution >= 0.6 is 0 Å². The molecule has 2 fully saturated rings. The first-order chi connectivity index (χ1) is 4.29. The highest BCUT2D eigenvalue weighted by Crippen LogP contribution is 2.47. The van der Waals surface area contributed by atoms with Gasteiger partial charge in [0.05, 0.1) is 0 Å². The van der Waals surface area contributed by atoms with Crippen LogP contribution in [0.4, 0.5) is 0 Å². The molecule has 0 heterocycles. The van der Waals surface area contributed by atoms with E-state index in [0.29, 0.717) is 0 Å². The average molecular weight is 120 g/mol. The molecule has 0 amide bonds. The first-order valence-corrected chi connectivity index (χ1v) is 3.69. The zero-order valence-corrected chi connectivity index (χ0v) is 5.91. The summed E-state index contributed by atoms with van der Waals surface area (Å²) in [5.41, 5.74) is 4.73. The highest BCUT2D eigenvalue weighted by atomic mass is 14.4. The van der Waals surface area contributed by atoms with Crippen molar-refractivity contribution in [3.8, 4) is 0 Å². The van der Waals surface area contributed by atoms with Crippen molar-refractivity contribution in [1.82, 2.24) is 0 Å². The van der Waals surface area contributed by atoms with Crippen molar-refractivity contribution < 1.29 is 0 Å². The Labute approximate surface area is 56.3 Å². The molecule has 0 aromatic carbocycles. The minimum atomic E-state index is 0.900. The molecule has 2 aliphatic carbocycles. The zero-order chi connectivity index (χ0) is 6.43. The van der Waals surface area contributed by atoms with Crippen molar-refractivity contribution in [2.45, 2.75) is 26.2 Å². The molecule has 0 radical (unpaired) electrons. The van der Waals surface area contributed by atoms with E-state index in [1.54, 1.807) is 11.1 Å². The summed E-state index contributed by atoms with van der Waals surface area (Å²) in [4.78, 5) is 0. The molecule has 0 bridgehead atoms. The third-order valence-corrected chi connectivity index (χ3v) is 2.45. The van der Waals surface area contributed by atoms with Crippen molar-refractivity contribution in [2.75, 3.05) is 0 Å².